The summed E-state index contributed by atoms with van der Waals surface area (Å²) in [5, 5.41) is 33.7. The number of rotatable bonds is 8. The number of fused-ring (bicyclic) bond motifs is 3. The number of phenols is 1. The number of thiophene rings is 1. The van der Waals surface area contributed by atoms with Crippen LogP contribution in [0.4, 0.5) is 0 Å². The van der Waals surface area contributed by atoms with E-state index >= 15 is 0 Å². The monoisotopic (exact) mass is 648 g/mol. The van der Waals surface area contributed by atoms with Crippen LogP contribution in [0.5, 0.6) is 5.75 Å². The molecule has 4 atom stereocenters. The highest BCUT2D eigenvalue weighted by Crippen LogP contribution is 2.51. The Kier molecular flexibility index (Phi) is 8.47. The predicted octanol–water partition coefficient (Wildman–Crippen LogP) is 4.92. The van der Waals surface area contributed by atoms with Gasteiger partial charge in [0.15, 0.2) is 0 Å². The predicted molar refractivity (Wildman–Crippen MR) is 164 cm³/mol. The molecule has 0 bridgehead atoms. The molecule has 2 fully saturated rings. The number of hydrogen-bond acceptors (Lipinski definition) is 8. The lowest BCUT2D eigenvalue weighted by molar-refractivity contribution is -0.140. The fraction of sp³-hybridized carbons (Fsp3) is 0.323. The molecule has 0 unspecified atom stereocenters. The third-order valence-corrected chi connectivity index (χ3v) is 9.83. The van der Waals surface area contributed by atoms with E-state index in [0.29, 0.717) is 30.4 Å². The summed E-state index contributed by atoms with van der Waals surface area (Å²) in [5.74, 6) is -1.84. The second-order valence-corrected chi connectivity index (χ2v) is 12.9. The summed E-state index contributed by atoms with van der Waals surface area (Å²) >= 11 is 4.97. The number of amides is 2. The summed E-state index contributed by atoms with van der Waals surface area (Å²) < 4.78 is 6.89. The van der Waals surface area contributed by atoms with Gasteiger partial charge in [-0.05, 0) is 96.1 Å². The average Bonchev–Trinajstić information content (AvgIpc) is 3.59. The molecule has 8 nitrogen and oxygen atoms in total. The molecule has 216 valence electrons. The number of hydrogen-bond donors (Lipinski definition) is 3. The molecule has 3 N–H and O–H groups in total. The van der Waals surface area contributed by atoms with Crippen molar-refractivity contribution in [2.24, 2.45) is 17.8 Å². The maximum atomic E-state index is 13.7. The highest BCUT2D eigenvalue weighted by Gasteiger charge is 2.57. The Hall–Kier alpha value is -3.09. The van der Waals surface area contributed by atoms with Crippen molar-refractivity contribution in [2.45, 2.75) is 38.2 Å². The molecule has 11 heteroatoms. The molecule has 2 amide bonds. The number of likely N-dealkylation sites (tertiary alicyclic amines) is 1. The number of pyridine rings is 1. The third kappa shape index (κ3) is 5.64. The van der Waals surface area contributed by atoms with Gasteiger partial charge in [0.2, 0.25) is 11.8 Å². The highest BCUT2D eigenvalue weighted by atomic mass is 79.9. The van der Waals surface area contributed by atoms with Gasteiger partial charge in [-0.2, -0.15) is 0 Å². The zero-order chi connectivity index (χ0) is 29.4. The lowest BCUT2D eigenvalue weighted by Gasteiger charge is -2.43. The largest absolute Gasteiger partial charge is 0.507 e. The number of nitrogens with zero attached hydrogens (tertiary/aromatic N) is 2. The SMILES string of the molecule is O=C1[C@@H]2[C@@H](CC(CO)=C3[C@@H](CC/C(=C/c4cc(Br)ccc4O)c4ccccn4)OB(O)C[C@@H]32)C(=O)N1Cc1cccs1. The molecular formula is C31H30BBrN2O6S. The number of phenolic OH excluding ortho intramolecular Hbond substituents is 1. The maximum absolute atomic E-state index is 13.7. The number of aromatic hydroxyl groups is 1. The van der Waals surface area contributed by atoms with E-state index in [1.54, 1.807) is 18.3 Å². The molecule has 3 aromatic rings. The van der Waals surface area contributed by atoms with Crippen LogP contribution in [0, 0.1) is 17.8 Å². The molecule has 3 aliphatic rings. The standard InChI is InChI=1S/C31H30BBrN2O6S/c33-21-7-8-26(37)19(13-21)12-18(25-5-1-2-10-34-25)6-9-27-28-20(17-36)14-23-29(24(28)15-32(40)41-27)31(39)35(30(23)38)16-22-4-3-11-42-22/h1-5,7-8,10-13,23-24,27,29,36-37,40H,6,9,14-17H2/b18-12-/t23-,24+,27-,29-/m1/s1. The van der Waals surface area contributed by atoms with E-state index in [1.165, 1.54) is 16.2 Å². The molecule has 0 radical (unpaired) electrons. The quantitative estimate of drug-likeness (QED) is 0.180. The highest BCUT2D eigenvalue weighted by molar-refractivity contribution is 9.10. The summed E-state index contributed by atoms with van der Waals surface area (Å²) in [6.45, 7) is -0.00570. The molecule has 1 aliphatic carbocycles. The van der Waals surface area contributed by atoms with E-state index < -0.39 is 31.0 Å². The Morgan fingerprint density at radius 2 is 2.02 bits per heavy atom. The van der Waals surface area contributed by atoms with Crippen LogP contribution in [-0.4, -0.2) is 56.8 Å². The number of aromatic nitrogens is 1. The van der Waals surface area contributed by atoms with Crippen molar-refractivity contribution in [3.05, 3.63) is 91.9 Å². The minimum Gasteiger partial charge on any atom is -0.507 e. The average molecular weight is 649 g/mol. The van der Waals surface area contributed by atoms with Gasteiger partial charge in [0.25, 0.3) is 0 Å². The molecule has 0 spiro atoms. The van der Waals surface area contributed by atoms with Crippen LogP contribution in [0.15, 0.2) is 75.7 Å². The summed E-state index contributed by atoms with van der Waals surface area (Å²) in [5.41, 5.74) is 3.77. The lowest BCUT2D eigenvalue weighted by atomic mass is 9.58. The molecular weight excluding hydrogens is 619 g/mol. The zero-order valence-electron chi connectivity index (χ0n) is 22.7. The molecule has 2 saturated heterocycles. The third-order valence-electron chi connectivity index (χ3n) is 8.47. The second kappa shape index (κ2) is 12.3. The van der Waals surface area contributed by atoms with Crippen LogP contribution >= 0.6 is 27.3 Å². The minimum atomic E-state index is -1.10. The van der Waals surface area contributed by atoms with Crippen molar-refractivity contribution in [3.8, 4) is 5.75 Å². The van der Waals surface area contributed by atoms with Crippen LogP contribution in [0.3, 0.4) is 0 Å². The van der Waals surface area contributed by atoms with E-state index in [-0.39, 0.29) is 37.0 Å². The van der Waals surface area contributed by atoms with Crippen LogP contribution in [0.25, 0.3) is 11.6 Å². The number of carbonyl (C=O) groups is 2. The normalized spacial score (nSPS) is 24.3. The van der Waals surface area contributed by atoms with Crippen molar-refractivity contribution in [1.29, 1.82) is 0 Å². The Balaban J connectivity index is 1.30. The van der Waals surface area contributed by atoms with Gasteiger partial charge in [-0.25, -0.2) is 0 Å². The Morgan fingerprint density at radius 3 is 2.76 bits per heavy atom. The first-order valence-corrected chi connectivity index (χ1v) is 15.7. The van der Waals surface area contributed by atoms with E-state index in [4.69, 9.17) is 4.65 Å². The van der Waals surface area contributed by atoms with Crippen LogP contribution in [-0.2, 0) is 20.8 Å². The van der Waals surface area contributed by atoms with Crippen molar-refractivity contribution in [2.75, 3.05) is 6.61 Å². The minimum absolute atomic E-state index is 0.135. The van der Waals surface area contributed by atoms with E-state index in [9.17, 15) is 24.8 Å². The number of aliphatic hydroxyl groups is 1. The first-order valence-electron chi connectivity index (χ1n) is 14.0. The molecule has 2 aromatic heterocycles. The Morgan fingerprint density at radius 1 is 1.17 bits per heavy atom. The van der Waals surface area contributed by atoms with Gasteiger partial charge < -0.3 is 19.9 Å². The van der Waals surface area contributed by atoms with E-state index in [0.717, 1.165) is 26.2 Å². The van der Waals surface area contributed by atoms with E-state index in [1.807, 2.05) is 47.9 Å². The van der Waals surface area contributed by atoms with Crippen LogP contribution in [0.1, 0.15) is 35.4 Å². The van der Waals surface area contributed by atoms with Gasteiger partial charge in [-0.3, -0.25) is 19.5 Å². The molecule has 42 heavy (non-hydrogen) atoms. The Labute approximate surface area is 256 Å². The van der Waals surface area contributed by atoms with Gasteiger partial charge in [-0.15, -0.1) is 11.3 Å². The van der Waals surface area contributed by atoms with Crippen LogP contribution in [0.2, 0.25) is 6.32 Å². The molecule has 2 aliphatic heterocycles. The first kappa shape index (κ1) is 29.0. The number of aliphatic hydroxyl groups excluding tert-OH is 1. The summed E-state index contributed by atoms with van der Waals surface area (Å²) in [4.78, 5) is 34.0. The zero-order valence-corrected chi connectivity index (χ0v) is 25.1. The van der Waals surface area contributed by atoms with Crippen molar-refractivity contribution in [3.63, 3.8) is 0 Å². The summed E-state index contributed by atoms with van der Waals surface area (Å²) in [6, 6.07) is 14.6. The van der Waals surface area contributed by atoms with Gasteiger partial charge in [0, 0.05) is 21.1 Å². The molecule has 1 aromatic carbocycles. The number of carbonyl (C=O) groups excluding carboxylic acids is 2. The second-order valence-electron chi connectivity index (χ2n) is 10.9. The van der Waals surface area contributed by atoms with E-state index in [2.05, 4.69) is 20.9 Å². The fourth-order valence-electron chi connectivity index (χ4n) is 6.63. The topological polar surface area (TPSA) is 120 Å². The first-order chi connectivity index (χ1) is 20.3. The number of benzene rings is 1. The van der Waals surface area contributed by atoms with Gasteiger partial charge in [0.05, 0.1) is 36.8 Å². The molecule has 4 heterocycles. The fourth-order valence-corrected chi connectivity index (χ4v) is 7.70. The van der Waals surface area contributed by atoms with Crippen molar-refractivity contribution >= 4 is 57.8 Å². The lowest BCUT2D eigenvalue weighted by Crippen LogP contribution is -2.46. The molecule has 0 saturated carbocycles. The van der Waals surface area contributed by atoms with Crippen molar-refractivity contribution < 1.29 is 29.5 Å². The number of imide groups is 1. The molecule has 6 rings (SSSR count). The Bertz CT molecular complexity index is 1550. The van der Waals surface area contributed by atoms with Gasteiger partial charge >= 0.3 is 7.12 Å². The van der Waals surface area contributed by atoms with Gasteiger partial charge in [-0.1, -0.05) is 28.1 Å². The van der Waals surface area contributed by atoms with Crippen molar-refractivity contribution in [1.82, 2.24) is 9.88 Å². The number of halogens is 1. The maximum Gasteiger partial charge on any atom is 0.455 e. The smallest absolute Gasteiger partial charge is 0.455 e. The summed E-state index contributed by atoms with van der Waals surface area (Å²) in [7, 11) is -1.10. The van der Waals surface area contributed by atoms with Crippen LogP contribution < -0.4 is 0 Å². The van der Waals surface area contributed by atoms with Gasteiger partial charge in [0.1, 0.15) is 5.75 Å². The summed E-state index contributed by atoms with van der Waals surface area (Å²) in [6.07, 6.45) is 4.46. The number of allylic oxidation sites excluding steroid dienone is 1.